The molecule has 0 fully saturated rings. The van der Waals surface area contributed by atoms with Gasteiger partial charge in [-0.25, -0.2) is 0 Å². The highest BCUT2D eigenvalue weighted by atomic mass is 79.9. The summed E-state index contributed by atoms with van der Waals surface area (Å²) in [5.74, 6) is 0. The van der Waals surface area contributed by atoms with Gasteiger partial charge in [-0.05, 0) is 22.9 Å². The standard InChI is InChI=1S/C11H12BrNO/c1-7(14)8-4-3-5-9-10(12)6-13(2)11(8)9/h3-7,14H,1-2H3. The van der Waals surface area contributed by atoms with Crippen LogP contribution < -0.4 is 0 Å². The van der Waals surface area contributed by atoms with E-state index in [0.29, 0.717) is 0 Å². The Morgan fingerprint density at radius 1 is 1.43 bits per heavy atom. The molecule has 14 heavy (non-hydrogen) atoms. The Hall–Kier alpha value is -0.800. The van der Waals surface area contributed by atoms with Gasteiger partial charge in [0.2, 0.25) is 0 Å². The van der Waals surface area contributed by atoms with Gasteiger partial charge in [0.05, 0.1) is 11.6 Å². The lowest BCUT2D eigenvalue weighted by Gasteiger charge is -2.08. The third-order valence-electron chi connectivity index (χ3n) is 2.43. The van der Waals surface area contributed by atoms with Crippen molar-refractivity contribution in [2.75, 3.05) is 0 Å². The van der Waals surface area contributed by atoms with E-state index in [2.05, 4.69) is 15.9 Å². The lowest BCUT2D eigenvalue weighted by atomic mass is 10.1. The Balaban J connectivity index is 2.85. The van der Waals surface area contributed by atoms with Gasteiger partial charge in [0.25, 0.3) is 0 Å². The van der Waals surface area contributed by atoms with Crippen molar-refractivity contribution in [2.45, 2.75) is 13.0 Å². The predicted octanol–water partition coefficient (Wildman–Crippen LogP) is 2.99. The van der Waals surface area contributed by atoms with Crippen molar-refractivity contribution in [3.8, 4) is 0 Å². The zero-order chi connectivity index (χ0) is 10.3. The number of rotatable bonds is 1. The van der Waals surface area contributed by atoms with Crippen LogP contribution in [0.5, 0.6) is 0 Å². The molecular formula is C11H12BrNO. The minimum absolute atomic E-state index is 0.431. The number of nitrogens with zero attached hydrogens (tertiary/aromatic N) is 1. The molecule has 3 heteroatoms. The maximum Gasteiger partial charge on any atom is 0.0782 e. The lowest BCUT2D eigenvalue weighted by molar-refractivity contribution is 0.200. The Morgan fingerprint density at radius 2 is 2.14 bits per heavy atom. The molecular weight excluding hydrogens is 242 g/mol. The monoisotopic (exact) mass is 253 g/mol. The fraction of sp³-hybridized carbons (Fsp3) is 0.273. The van der Waals surface area contributed by atoms with E-state index >= 15 is 0 Å². The summed E-state index contributed by atoms with van der Waals surface area (Å²) in [6, 6.07) is 5.97. The van der Waals surface area contributed by atoms with E-state index < -0.39 is 6.10 Å². The first-order chi connectivity index (χ1) is 6.61. The van der Waals surface area contributed by atoms with Crippen LogP contribution in [0, 0.1) is 0 Å². The molecule has 1 atom stereocenters. The van der Waals surface area contributed by atoms with Gasteiger partial charge in [-0.1, -0.05) is 18.2 Å². The summed E-state index contributed by atoms with van der Waals surface area (Å²) in [6.45, 7) is 1.79. The highest BCUT2D eigenvalue weighted by Crippen LogP contribution is 2.30. The number of hydrogen-bond acceptors (Lipinski definition) is 1. The van der Waals surface area contributed by atoms with Crippen LogP contribution in [0.2, 0.25) is 0 Å². The van der Waals surface area contributed by atoms with E-state index in [1.54, 1.807) is 6.92 Å². The summed E-state index contributed by atoms with van der Waals surface area (Å²) in [6.07, 6.45) is 1.58. The van der Waals surface area contributed by atoms with Gasteiger partial charge in [-0.2, -0.15) is 0 Å². The van der Waals surface area contributed by atoms with Crippen molar-refractivity contribution < 1.29 is 5.11 Å². The second-order valence-corrected chi connectivity index (χ2v) is 4.36. The molecule has 1 N–H and O–H groups in total. The van der Waals surface area contributed by atoms with Crippen LogP contribution in [0.3, 0.4) is 0 Å². The Morgan fingerprint density at radius 3 is 2.79 bits per heavy atom. The molecule has 1 heterocycles. The zero-order valence-electron chi connectivity index (χ0n) is 8.16. The molecule has 0 aliphatic carbocycles. The highest BCUT2D eigenvalue weighted by Gasteiger charge is 2.11. The van der Waals surface area contributed by atoms with Crippen molar-refractivity contribution in [3.05, 3.63) is 34.4 Å². The second-order valence-electron chi connectivity index (χ2n) is 3.51. The Labute approximate surface area is 91.3 Å². The van der Waals surface area contributed by atoms with Crippen LogP contribution in [-0.2, 0) is 7.05 Å². The average Bonchev–Trinajstić information content (AvgIpc) is 2.43. The van der Waals surface area contributed by atoms with Crippen LogP contribution >= 0.6 is 15.9 Å². The van der Waals surface area contributed by atoms with Crippen molar-refractivity contribution in [1.82, 2.24) is 4.57 Å². The number of aromatic nitrogens is 1. The van der Waals surface area contributed by atoms with E-state index in [-0.39, 0.29) is 0 Å². The van der Waals surface area contributed by atoms with Crippen LogP contribution in [0.15, 0.2) is 28.9 Å². The highest BCUT2D eigenvalue weighted by molar-refractivity contribution is 9.10. The molecule has 74 valence electrons. The van der Waals surface area contributed by atoms with E-state index in [0.717, 1.165) is 20.9 Å². The molecule has 0 aliphatic rings. The van der Waals surface area contributed by atoms with Crippen LogP contribution in [0.25, 0.3) is 10.9 Å². The number of aryl methyl sites for hydroxylation is 1. The third-order valence-corrected chi connectivity index (χ3v) is 3.07. The van der Waals surface area contributed by atoms with Crippen molar-refractivity contribution in [3.63, 3.8) is 0 Å². The number of para-hydroxylation sites is 1. The summed E-state index contributed by atoms with van der Waals surface area (Å²) in [7, 11) is 1.99. The van der Waals surface area contributed by atoms with Crippen molar-refractivity contribution in [1.29, 1.82) is 0 Å². The zero-order valence-corrected chi connectivity index (χ0v) is 9.75. The largest absolute Gasteiger partial charge is 0.389 e. The van der Waals surface area contributed by atoms with Gasteiger partial charge < -0.3 is 9.67 Å². The molecule has 0 saturated carbocycles. The van der Waals surface area contributed by atoms with Gasteiger partial charge >= 0.3 is 0 Å². The molecule has 1 aromatic carbocycles. The second kappa shape index (κ2) is 3.41. The average molecular weight is 254 g/mol. The van der Waals surface area contributed by atoms with Crippen molar-refractivity contribution in [2.24, 2.45) is 7.05 Å². The summed E-state index contributed by atoms with van der Waals surface area (Å²) in [5.41, 5.74) is 2.06. The van der Waals surface area contributed by atoms with E-state index in [4.69, 9.17) is 0 Å². The first-order valence-corrected chi connectivity index (χ1v) is 5.32. The minimum Gasteiger partial charge on any atom is -0.389 e. The quantitative estimate of drug-likeness (QED) is 0.831. The minimum atomic E-state index is -0.431. The summed E-state index contributed by atoms with van der Waals surface area (Å²) in [5, 5.41) is 10.8. The lowest BCUT2D eigenvalue weighted by Crippen LogP contribution is -1.95. The first kappa shape index (κ1) is 9.74. The van der Waals surface area contributed by atoms with Crippen LogP contribution in [0.4, 0.5) is 0 Å². The molecule has 0 amide bonds. The van der Waals surface area contributed by atoms with Crippen LogP contribution in [-0.4, -0.2) is 9.67 Å². The molecule has 1 aromatic heterocycles. The summed E-state index contributed by atoms with van der Waals surface area (Å²) in [4.78, 5) is 0. The maximum absolute atomic E-state index is 9.63. The smallest absolute Gasteiger partial charge is 0.0782 e. The number of fused-ring (bicyclic) bond motifs is 1. The molecule has 2 nitrogen and oxygen atoms in total. The Bertz CT molecular complexity index is 473. The molecule has 0 bridgehead atoms. The van der Waals surface area contributed by atoms with E-state index in [1.807, 2.05) is 36.0 Å². The SMILES string of the molecule is CC(O)c1cccc2c(Br)cn(C)c12. The van der Waals surface area contributed by atoms with Gasteiger partial charge in [0.15, 0.2) is 0 Å². The predicted molar refractivity (Wildman–Crippen MR) is 61.3 cm³/mol. The molecule has 2 aromatic rings. The summed E-state index contributed by atoms with van der Waals surface area (Å²) < 4.78 is 3.10. The van der Waals surface area contributed by atoms with E-state index in [1.165, 1.54) is 0 Å². The Kier molecular flexibility index (Phi) is 2.37. The number of hydrogen-bond donors (Lipinski definition) is 1. The third kappa shape index (κ3) is 1.37. The molecule has 0 saturated heterocycles. The van der Waals surface area contributed by atoms with Gasteiger partial charge in [0.1, 0.15) is 0 Å². The number of benzene rings is 1. The fourth-order valence-electron chi connectivity index (χ4n) is 1.79. The van der Waals surface area contributed by atoms with Crippen molar-refractivity contribution >= 4 is 26.8 Å². The van der Waals surface area contributed by atoms with Gasteiger partial charge in [-0.15, -0.1) is 0 Å². The van der Waals surface area contributed by atoms with Crippen LogP contribution in [0.1, 0.15) is 18.6 Å². The number of halogens is 1. The fourth-order valence-corrected chi connectivity index (χ4v) is 2.42. The molecule has 0 aliphatic heterocycles. The molecule has 2 rings (SSSR count). The van der Waals surface area contributed by atoms with Gasteiger partial charge in [0, 0.05) is 28.7 Å². The topological polar surface area (TPSA) is 25.2 Å². The summed E-state index contributed by atoms with van der Waals surface area (Å²) >= 11 is 3.50. The van der Waals surface area contributed by atoms with E-state index in [9.17, 15) is 5.11 Å². The molecule has 0 radical (unpaired) electrons. The normalized spacial score (nSPS) is 13.4. The molecule has 1 unspecified atom stereocenters. The first-order valence-electron chi connectivity index (χ1n) is 4.52. The molecule has 0 spiro atoms. The number of aliphatic hydroxyl groups is 1. The van der Waals surface area contributed by atoms with Gasteiger partial charge in [-0.3, -0.25) is 0 Å². The maximum atomic E-state index is 9.63. The number of aliphatic hydroxyl groups excluding tert-OH is 1.